The molecule has 2 aliphatic rings. The summed E-state index contributed by atoms with van der Waals surface area (Å²) in [7, 11) is 0. The van der Waals surface area contributed by atoms with Gasteiger partial charge in [0.05, 0.1) is 19.1 Å². The molecule has 0 aliphatic carbocycles. The maximum absolute atomic E-state index is 11.2. The molecule has 0 radical (unpaired) electrons. The monoisotopic (exact) mass is 250 g/mol. The van der Waals surface area contributed by atoms with Crippen molar-refractivity contribution in [2.45, 2.75) is 31.0 Å². The number of benzene rings is 1. The van der Waals surface area contributed by atoms with Crippen LogP contribution in [0.1, 0.15) is 18.3 Å². The van der Waals surface area contributed by atoms with Gasteiger partial charge in [-0.25, -0.2) is 0 Å². The predicted molar refractivity (Wildman–Crippen MR) is 60.5 cm³/mol. The van der Waals surface area contributed by atoms with Crippen LogP contribution in [0, 0.1) is 0 Å². The van der Waals surface area contributed by atoms with Gasteiger partial charge in [0.1, 0.15) is 6.10 Å². The van der Waals surface area contributed by atoms with Gasteiger partial charge in [-0.1, -0.05) is 30.3 Å². The Bertz CT molecular complexity index is 432. The standard InChI is InChI=1S/C13H14O5/c14-9-6-11(15)17-10-7-16-13(18-12(9)10)8-4-2-1-3-5-8/h1-5,9-10,12-14H,6-7H2/t9-,10-,12+,13?/m1/s1. The predicted octanol–water partition coefficient (Wildman–Crippen LogP) is 0.777. The molecule has 0 saturated carbocycles. The van der Waals surface area contributed by atoms with Crippen LogP contribution in [0.25, 0.3) is 0 Å². The summed E-state index contributed by atoms with van der Waals surface area (Å²) >= 11 is 0. The maximum atomic E-state index is 11.2. The Labute approximate surface area is 104 Å². The molecular weight excluding hydrogens is 236 g/mol. The smallest absolute Gasteiger partial charge is 0.308 e. The van der Waals surface area contributed by atoms with E-state index in [1.165, 1.54) is 0 Å². The van der Waals surface area contributed by atoms with E-state index in [0.29, 0.717) is 0 Å². The molecule has 2 fully saturated rings. The molecule has 2 aliphatic heterocycles. The zero-order valence-electron chi connectivity index (χ0n) is 9.69. The highest BCUT2D eigenvalue weighted by molar-refractivity contribution is 5.71. The zero-order chi connectivity index (χ0) is 12.5. The number of aliphatic hydroxyl groups is 1. The molecule has 5 heteroatoms. The summed E-state index contributed by atoms with van der Waals surface area (Å²) in [6, 6.07) is 9.49. The summed E-state index contributed by atoms with van der Waals surface area (Å²) in [5.41, 5.74) is 0.889. The van der Waals surface area contributed by atoms with Gasteiger partial charge in [0.25, 0.3) is 0 Å². The lowest BCUT2D eigenvalue weighted by Gasteiger charge is -2.40. The van der Waals surface area contributed by atoms with Crippen LogP contribution < -0.4 is 0 Å². The molecule has 18 heavy (non-hydrogen) atoms. The Morgan fingerprint density at radius 3 is 2.78 bits per heavy atom. The van der Waals surface area contributed by atoms with E-state index < -0.39 is 30.6 Å². The van der Waals surface area contributed by atoms with Gasteiger partial charge in [-0.2, -0.15) is 0 Å². The molecule has 1 aromatic carbocycles. The van der Waals surface area contributed by atoms with Gasteiger partial charge in [0.15, 0.2) is 12.4 Å². The second kappa shape index (κ2) is 4.68. The second-order valence-corrected chi connectivity index (χ2v) is 4.48. The molecule has 5 nitrogen and oxygen atoms in total. The molecule has 3 rings (SSSR count). The molecular formula is C13H14O5. The second-order valence-electron chi connectivity index (χ2n) is 4.48. The lowest BCUT2D eigenvalue weighted by atomic mass is 10.0. The fourth-order valence-electron chi connectivity index (χ4n) is 2.28. The van der Waals surface area contributed by atoms with Crippen LogP contribution in [0.3, 0.4) is 0 Å². The molecule has 4 atom stereocenters. The van der Waals surface area contributed by atoms with Crippen LogP contribution in [0.5, 0.6) is 0 Å². The van der Waals surface area contributed by atoms with Crippen LogP contribution in [-0.2, 0) is 19.0 Å². The van der Waals surface area contributed by atoms with E-state index in [2.05, 4.69) is 0 Å². The summed E-state index contributed by atoms with van der Waals surface area (Å²) in [6.07, 6.45) is -2.39. The van der Waals surface area contributed by atoms with E-state index >= 15 is 0 Å². The maximum Gasteiger partial charge on any atom is 0.308 e. The van der Waals surface area contributed by atoms with E-state index in [4.69, 9.17) is 14.2 Å². The van der Waals surface area contributed by atoms with Gasteiger partial charge in [0, 0.05) is 5.56 Å². The van der Waals surface area contributed by atoms with E-state index in [1.54, 1.807) is 0 Å². The van der Waals surface area contributed by atoms with Crippen LogP contribution in [0.4, 0.5) is 0 Å². The topological polar surface area (TPSA) is 65.0 Å². The van der Waals surface area contributed by atoms with Gasteiger partial charge in [-0.05, 0) is 0 Å². The molecule has 0 amide bonds. The third-order valence-corrected chi connectivity index (χ3v) is 3.17. The SMILES string of the molecule is O=C1C[C@@H](O)[C@@H]2OC(c3ccccc3)OC[C@H]2O1. The van der Waals surface area contributed by atoms with Crippen molar-refractivity contribution in [2.75, 3.05) is 6.61 Å². The first-order valence-electron chi connectivity index (χ1n) is 5.93. The Morgan fingerprint density at radius 2 is 2.00 bits per heavy atom. The minimum atomic E-state index is -0.827. The molecule has 1 aromatic rings. The number of esters is 1. The normalized spacial score (nSPS) is 35.7. The van der Waals surface area contributed by atoms with Crippen molar-refractivity contribution in [3.63, 3.8) is 0 Å². The first-order chi connectivity index (χ1) is 8.74. The first-order valence-corrected chi connectivity index (χ1v) is 5.93. The summed E-state index contributed by atoms with van der Waals surface area (Å²) in [5, 5.41) is 9.86. The first kappa shape index (κ1) is 11.6. The molecule has 2 saturated heterocycles. The Hall–Kier alpha value is -1.43. The van der Waals surface area contributed by atoms with Crippen LogP contribution >= 0.6 is 0 Å². The number of fused-ring (bicyclic) bond motifs is 1. The van der Waals surface area contributed by atoms with Crippen molar-refractivity contribution in [2.24, 2.45) is 0 Å². The number of aliphatic hydroxyl groups excluding tert-OH is 1. The quantitative estimate of drug-likeness (QED) is 0.746. The molecule has 0 spiro atoms. The third-order valence-electron chi connectivity index (χ3n) is 3.17. The van der Waals surface area contributed by atoms with Gasteiger partial charge >= 0.3 is 5.97 Å². The molecule has 1 N–H and O–H groups in total. The minimum absolute atomic E-state index is 0.0251. The summed E-state index contributed by atoms with van der Waals surface area (Å²) < 4.78 is 16.3. The Balaban J connectivity index is 1.75. The van der Waals surface area contributed by atoms with Gasteiger partial charge in [-0.15, -0.1) is 0 Å². The van der Waals surface area contributed by atoms with E-state index in [0.717, 1.165) is 5.56 Å². The average Bonchev–Trinajstić information content (AvgIpc) is 2.39. The van der Waals surface area contributed by atoms with E-state index in [9.17, 15) is 9.90 Å². The van der Waals surface area contributed by atoms with Crippen LogP contribution in [-0.4, -0.2) is 36.0 Å². The van der Waals surface area contributed by atoms with Crippen LogP contribution in [0.15, 0.2) is 30.3 Å². The van der Waals surface area contributed by atoms with E-state index in [1.807, 2.05) is 30.3 Å². The van der Waals surface area contributed by atoms with Crippen molar-refractivity contribution >= 4 is 5.97 Å². The van der Waals surface area contributed by atoms with Gasteiger partial charge in [-0.3, -0.25) is 4.79 Å². The number of carbonyl (C=O) groups excluding carboxylic acids is 1. The zero-order valence-corrected chi connectivity index (χ0v) is 9.69. The molecule has 0 aromatic heterocycles. The number of carbonyl (C=O) groups is 1. The van der Waals surface area contributed by atoms with Crippen molar-refractivity contribution in [1.82, 2.24) is 0 Å². The summed E-state index contributed by atoms with van der Waals surface area (Å²) in [5.74, 6) is -0.408. The number of ether oxygens (including phenoxy) is 3. The molecule has 2 heterocycles. The Morgan fingerprint density at radius 1 is 1.22 bits per heavy atom. The number of hydrogen-bond donors (Lipinski definition) is 1. The lowest BCUT2D eigenvalue weighted by molar-refractivity contribution is -0.290. The highest BCUT2D eigenvalue weighted by atomic mass is 16.7. The van der Waals surface area contributed by atoms with Crippen molar-refractivity contribution in [3.8, 4) is 0 Å². The lowest BCUT2D eigenvalue weighted by Crippen LogP contribution is -2.53. The van der Waals surface area contributed by atoms with Gasteiger partial charge in [0.2, 0.25) is 0 Å². The molecule has 0 bridgehead atoms. The summed E-state index contributed by atoms with van der Waals surface area (Å²) in [4.78, 5) is 11.2. The fourth-order valence-corrected chi connectivity index (χ4v) is 2.28. The molecule has 1 unspecified atom stereocenters. The summed E-state index contributed by atoms with van der Waals surface area (Å²) in [6.45, 7) is 0.243. The van der Waals surface area contributed by atoms with Crippen molar-refractivity contribution in [3.05, 3.63) is 35.9 Å². The largest absolute Gasteiger partial charge is 0.457 e. The van der Waals surface area contributed by atoms with Gasteiger partial charge < -0.3 is 19.3 Å². The van der Waals surface area contributed by atoms with Crippen molar-refractivity contribution in [1.29, 1.82) is 0 Å². The third kappa shape index (κ3) is 2.12. The average molecular weight is 250 g/mol. The highest BCUT2D eigenvalue weighted by Gasteiger charge is 2.43. The van der Waals surface area contributed by atoms with Crippen LogP contribution in [0.2, 0.25) is 0 Å². The van der Waals surface area contributed by atoms with E-state index in [-0.39, 0.29) is 13.0 Å². The number of hydrogen-bond acceptors (Lipinski definition) is 5. The van der Waals surface area contributed by atoms with Crippen molar-refractivity contribution < 1.29 is 24.1 Å². The Kier molecular flexibility index (Phi) is 3.03. The highest BCUT2D eigenvalue weighted by Crippen LogP contribution is 2.32. The fraction of sp³-hybridized carbons (Fsp3) is 0.462. The minimum Gasteiger partial charge on any atom is -0.457 e. The molecule has 96 valence electrons. The number of rotatable bonds is 1.